The lowest BCUT2D eigenvalue weighted by Gasteiger charge is -2.45. The molecule has 0 bridgehead atoms. The number of halogens is 2. The number of ether oxygens (including phenoxy) is 2. The van der Waals surface area contributed by atoms with Crippen molar-refractivity contribution in [3.63, 3.8) is 0 Å². The van der Waals surface area contributed by atoms with Crippen LogP contribution in [0, 0.1) is 11.6 Å². The van der Waals surface area contributed by atoms with Gasteiger partial charge in [0.25, 0.3) is 0 Å². The first-order chi connectivity index (χ1) is 20.3. The lowest BCUT2D eigenvalue weighted by atomic mass is 9.65. The summed E-state index contributed by atoms with van der Waals surface area (Å²) in [7, 11) is 3.19. The van der Waals surface area contributed by atoms with Gasteiger partial charge in [-0.15, -0.1) is 0 Å². The molecule has 0 spiro atoms. The number of carbonyl (C=O) groups excluding carboxylic acids is 2. The van der Waals surface area contributed by atoms with E-state index < -0.39 is 17.7 Å². The molecule has 3 N–H and O–H groups in total. The Labute approximate surface area is 243 Å². The van der Waals surface area contributed by atoms with Crippen LogP contribution in [0.25, 0.3) is 0 Å². The van der Waals surface area contributed by atoms with Crippen LogP contribution in [0.3, 0.4) is 0 Å². The number of fused-ring (bicyclic) bond motifs is 1. The van der Waals surface area contributed by atoms with E-state index in [2.05, 4.69) is 20.9 Å². The molecule has 1 saturated carbocycles. The second kappa shape index (κ2) is 12.7. The Hall–Kier alpha value is -4.25. The number of carbonyl (C=O) groups is 2. The van der Waals surface area contributed by atoms with Gasteiger partial charge in [0.1, 0.15) is 0 Å². The first-order valence-electron chi connectivity index (χ1n) is 14.0. The normalized spacial score (nSPS) is 21.4. The van der Waals surface area contributed by atoms with Gasteiger partial charge in [-0.1, -0.05) is 6.07 Å². The van der Waals surface area contributed by atoms with Crippen LogP contribution in [0.2, 0.25) is 0 Å². The van der Waals surface area contributed by atoms with Gasteiger partial charge in [-0.25, -0.2) is 13.6 Å². The number of nitrogens with zero attached hydrogens (tertiary/aromatic N) is 2. The Morgan fingerprint density at radius 1 is 1.00 bits per heavy atom. The van der Waals surface area contributed by atoms with Crippen LogP contribution in [-0.2, 0) is 16.8 Å². The molecule has 42 heavy (non-hydrogen) atoms. The number of aromatic nitrogens is 1. The first kappa shape index (κ1) is 29.2. The molecule has 1 aromatic heterocycles. The van der Waals surface area contributed by atoms with E-state index in [1.165, 1.54) is 6.07 Å². The SMILES string of the molecule is COc1ccc(C23CCC(NC(=O)Nc4ccc(F)c(F)c4)CC2N(C(=O)CNCc2ccncc2)CC3)cc1OC. The molecule has 3 unspecified atom stereocenters. The molecule has 2 aromatic carbocycles. The number of pyridine rings is 1. The highest BCUT2D eigenvalue weighted by molar-refractivity contribution is 5.89. The molecule has 3 aromatic rings. The zero-order chi connectivity index (χ0) is 29.7. The average molecular weight is 580 g/mol. The van der Waals surface area contributed by atoms with E-state index >= 15 is 0 Å². The number of rotatable bonds is 9. The number of hydrogen-bond acceptors (Lipinski definition) is 6. The van der Waals surface area contributed by atoms with Crippen molar-refractivity contribution in [3.05, 3.63) is 83.7 Å². The molecule has 222 valence electrons. The van der Waals surface area contributed by atoms with E-state index in [1.54, 1.807) is 26.6 Å². The van der Waals surface area contributed by atoms with Gasteiger partial charge in [-0.05, 0) is 73.2 Å². The zero-order valence-corrected chi connectivity index (χ0v) is 23.7. The van der Waals surface area contributed by atoms with Crippen molar-refractivity contribution in [1.82, 2.24) is 20.5 Å². The minimum absolute atomic E-state index is 0.0108. The average Bonchev–Trinajstić information content (AvgIpc) is 3.39. The van der Waals surface area contributed by atoms with Crippen LogP contribution in [0.5, 0.6) is 11.5 Å². The first-order valence-corrected chi connectivity index (χ1v) is 14.0. The predicted molar refractivity (Wildman–Crippen MR) is 153 cm³/mol. The van der Waals surface area contributed by atoms with Crippen molar-refractivity contribution >= 4 is 17.6 Å². The largest absolute Gasteiger partial charge is 0.493 e. The maximum atomic E-state index is 13.6. The van der Waals surface area contributed by atoms with Gasteiger partial charge in [0, 0.05) is 54.7 Å². The van der Waals surface area contributed by atoms with Gasteiger partial charge in [0.2, 0.25) is 5.91 Å². The van der Waals surface area contributed by atoms with Crippen molar-refractivity contribution in [2.45, 2.75) is 49.7 Å². The van der Waals surface area contributed by atoms with Crippen LogP contribution >= 0.6 is 0 Å². The fourth-order valence-electron chi connectivity index (χ4n) is 6.30. The predicted octanol–water partition coefficient (Wildman–Crippen LogP) is 4.38. The summed E-state index contributed by atoms with van der Waals surface area (Å²) in [5.74, 6) is -0.783. The number of nitrogens with one attached hydrogen (secondary N) is 3. The van der Waals surface area contributed by atoms with Crippen LogP contribution in [0.4, 0.5) is 19.3 Å². The molecule has 1 saturated heterocycles. The molecule has 0 radical (unpaired) electrons. The monoisotopic (exact) mass is 579 g/mol. The van der Waals surface area contributed by atoms with E-state index in [-0.39, 0.29) is 35.6 Å². The lowest BCUT2D eigenvalue weighted by molar-refractivity contribution is -0.132. The van der Waals surface area contributed by atoms with Crippen LogP contribution in [-0.4, -0.2) is 61.2 Å². The van der Waals surface area contributed by atoms with E-state index in [9.17, 15) is 18.4 Å². The number of amides is 3. The molecule has 9 nitrogen and oxygen atoms in total. The number of hydrogen-bond donors (Lipinski definition) is 3. The molecule has 3 amide bonds. The maximum Gasteiger partial charge on any atom is 0.319 e. The van der Waals surface area contributed by atoms with Crippen molar-refractivity contribution in [1.29, 1.82) is 0 Å². The molecule has 2 heterocycles. The highest BCUT2D eigenvalue weighted by Crippen LogP contribution is 2.50. The van der Waals surface area contributed by atoms with Crippen molar-refractivity contribution in [3.8, 4) is 11.5 Å². The van der Waals surface area contributed by atoms with Crippen molar-refractivity contribution in [2.24, 2.45) is 0 Å². The molecule has 2 fully saturated rings. The molecule has 2 aliphatic rings. The van der Waals surface area contributed by atoms with Crippen molar-refractivity contribution < 1.29 is 27.8 Å². The van der Waals surface area contributed by atoms with E-state index in [0.29, 0.717) is 37.4 Å². The number of likely N-dealkylation sites (tertiary alicyclic amines) is 1. The molecule has 3 atom stereocenters. The Morgan fingerprint density at radius 2 is 1.79 bits per heavy atom. The molecular formula is C31H35F2N5O4. The van der Waals surface area contributed by atoms with Gasteiger partial charge in [-0.2, -0.15) is 0 Å². The van der Waals surface area contributed by atoms with Crippen molar-refractivity contribution in [2.75, 3.05) is 32.6 Å². The number of urea groups is 1. The smallest absolute Gasteiger partial charge is 0.319 e. The summed E-state index contributed by atoms with van der Waals surface area (Å²) in [5, 5.41) is 8.80. The quantitative estimate of drug-likeness (QED) is 0.348. The summed E-state index contributed by atoms with van der Waals surface area (Å²) in [6.45, 7) is 1.31. The Morgan fingerprint density at radius 3 is 2.52 bits per heavy atom. The molecule has 11 heteroatoms. The standard InChI is InChI=1S/C31H35F2N5O4/c1-41-26-6-3-21(15-27(26)42-2)31-10-7-23(37-30(40)36-22-4-5-24(32)25(33)16-22)17-28(31)38(14-11-31)29(39)19-35-18-20-8-12-34-13-9-20/h3-6,8-9,12-13,15-16,23,28,35H,7,10-11,14,17-19H2,1-2H3,(H2,36,37,40). The van der Waals surface area contributed by atoms with Crippen LogP contribution in [0.15, 0.2) is 60.9 Å². The molecular weight excluding hydrogens is 544 g/mol. The summed E-state index contributed by atoms with van der Waals surface area (Å²) in [6, 6.07) is 12.0. The summed E-state index contributed by atoms with van der Waals surface area (Å²) < 4.78 is 38.0. The topological polar surface area (TPSA) is 105 Å². The minimum atomic E-state index is -1.04. The summed E-state index contributed by atoms with van der Waals surface area (Å²) in [5.41, 5.74) is 1.93. The second-order valence-electron chi connectivity index (χ2n) is 10.7. The third-order valence-electron chi connectivity index (χ3n) is 8.41. The van der Waals surface area contributed by atoms with E-state index in [4.69, 9.17) is 9.47 Å². The second-order valence-corrected chi connectivity index (χ2v) is 10.7. The van der Waals surface area contributed by atoms with Gasteiger partial charge in [-0.3, -0.25) is 9.78 Å². The molecule has 1 aliphatic carbocycles. The fraction of sp³-hybridized carbons (Fsp3) is 0.387. The Balaban J connectivity index is 1.33. The van der Waals surface area contributed by atoms with Crippen LogP contribution < -0.4 is 25.4 Å². The zero-order valence-electron chi connectivity index (χ0n) is 23.7. The van der Waals surface area contributed by atoms with Gasteiger partial charge in [0.15, 0.2) is 23.1 Å². The number of benzene rings is 2. The third kappa shape index (κ3) is 6.15. The third-order valence-corrected chi connectivity index (χ3v) is 8.41. The highest BCUT2D eigenvalue weighted by Gasteiger charge is 2.53. The number of methoxy groups -OCH3 is 2. The summed E-state index contributed by atoms with van der Waals surface area (Å²) in [4.78, 5) is 32.3. The fourth-order valence-corrected chi connectivity index (χ4v) is 6.30. The highest BCUT2D eigenvalue weighted by atomic mass is 19.2. The minimum Gasteiger partial charge on any atom is -0.493 e. The maximum absolute atomic E-state index is 13.6. The van der Waals surface area contributed by atoms with E-state index in [0.717, 1.165) is 36.1 Å². The van der Waals surface area contributed by atoms with Gasteiger partial charge < -0.3 is 30.3 Å². The Bertz CT molecular complexity index is 1430. The molecule has 5 rings (SSSR count). The summed E-state index contributed by atoms with van der Waals surface area (Å²) in [6.07, 6.45) is 6.16. The van der Waals surface area contributed by atoms with Gasteiger partial charge >= 0.3 is 6.03 Å². The van der Waals surface area contributed by atoms with E-state index in [1.807, 2.05) is 35.2 Å². The van der Waals surface area contributed by atoms with Gasteiger partial charge in [0.05, 0.1) is 20.8 Å². The molecule has 1 aliphatic heterocycles. The lowest BCUT2D eigenvalue weighted by Crippen LogP contribution is -2.55. The summed E-state index contributed by atoms with van der Waals surface area (Å²) >= 11 is 0. The number of anilines is 1. The Kier molecular flexibility index (Phi) is 8.86. The van der Waals surface area contributed by atoms with Crippen LogP contribution in [0.1, 0.15) is 36.8 Å².